The molecular formula is C70H46N6OS. The van der Waals surface area contributed by atoms with Crippen LogP contribution in [0, 0.1) is 0 Å². The standard InChI is InChI=1S/C70H46N6OS/c1-5-20-49(21-6-1)73(50-22-7-2-8-23-50)56-41-62-61-40-48(47-19-17-28-53(39-47)74(55-29-18-38-71-45-55)57-42-63-60-31-14-16-33-67(60)77-70(63)72-46-57)34-37-68(61)78-69(62)66(44-56)75(51-24-9-3-10-25-51)54-35-36-59-58-30-13-15-32-64(58)76(65(59)43-54)52-26-11-4-12-27-52/h1-46H. The third-order valence-electron chi connectivity index (χ3n) is 14.8. The average Bonchev–Trinajstić information content (AvgIpc) is 4.32. The van der Waals surface area contributed by atoms with Gasteiger partial charge in [0.1, 0.15) is 5.58 Å². The SMILES string of the molecule is c1ccc(N(c2ccccc2)c2cc(N(c3ccccc3)c3ccc4c5ccccc5n(-c5ccccc5)c4c3)c3sc4ccc(-c5cccc(N(c6cccnc6)c6cnc7oc8ccccc8c7c6)c5)cc4c3c2)cc1. The average molecular weight is 1020 g/mol. The van der Waals surface area contributed by atoms with E-state index in [1.54, 1.807) is 0 Å². The first-order valence-electron chi connectivity index (χ1n) is 26.1. The van der Waals surface area contributed by atoms with Crippen LogP contribution in [0.1, 0.15) is 0 Å². The van der Waals surface area contributed by atoms with Crippen molar-refractivity contribution < 1.29 is 4.42 Å². The van der Waals surface area contributed by atoms with Crippen LogP contribution in [0.2, 0.25) is 0 Å². The van der Waals surface area contributed by atoms with Crippen molar-refractivity contribution in [3.05, 3.63) is 279 Å². The van der Waals surface area contributed by atoms with Crippen molar-refractivity contribution in [2.45, 2.75) is 0 Å². The molecule has 78 heavy (non-hydrogen) atoms. The summed E-state index contributed by atoms with van der Waals surface area (Å²) in [6.45, 7) is 0. The lowest BCUT2D eigenvalue weighted by molar-refractivity contribution is 0.654. The Morgan fingerprint density at radius 3 is 1.73 bits per heavy atom. The first-order chi connectivity index (χ1) is 38.7. The Kier molecular flexibility index (Phi) is 10.9. The number of benzene rings is 10. The van der Waals surface area contributed by atoms with Crippen LogP contribution in [0.4, 0.5) is 51.2 Å². The molecule has 5 heterocycles. The molecule has 0 N–H and O–H groups in total. The minimum atomic E-state index is 0.609. The summed E-state index contributed by atoms with van der Waals surface area (Å²) < 4.78 is 10.9. The first kappa shape index (κ1) is 45.1. The van der Waals surface area contributed by atoms with Gasteiger partial charge in [-0.2, -0.15) is 0 Å². The summed E-state index contributed by atoms with van der Waals surface area (Å²) in [6, 6.07) is 93.5. The predicted molar refractivity (Wildman–Crippen MR) is 326 cm³/mol. The van der Waals surface area contributed by atoms with Crippen LogP contribution < -0.4 is 14.7 Å². The zero-order chi connectivity index (χ0) is 51.5. The van der Waals surface area contributed by atoms with E-state index in [-0.39, 0.29) is 0 Å². The molecule has 368 valence electrons. The smallest absolute Gasteiger partial charge is 0.227 e. The number of hydrogen-bond donors (Lipinski definition) is 0. The molecule has 15 aromatic rings. The Labute approximate surface area is 454 Å². The minimum absolute atomic E-state index is 0.609. The molecule has 0 aliphatic carbocycles. The second-order valence-electron chi connectivity index (χ2n) is 19.5. The highest BCUT2D eigenvalue weighted by molar-refractivity contribution is 7.26. The molecular weight excluding hydrogens is 973 g/mol. The quantitative estimate of drug-likeness (QED) is 0.129. The molecule has 0 atom stereocenters. The Morgan fingerprint density at radius 2 is 0.974 bits per heavy atom. The van der Waals surface area contributed by atoms with Crippen molar-refractivity contribution >= 4 is 127 Å². The number of rotatable bonds is 11. The number of nitrogens with zero attached hydrogens (tertiary/aromatic N) is 6. The molecule has 7 nitrogen and oxygen atoms in total. The third kappa shape index (κ3) is 7.73. The number of thiophene rings is 1. The maximum atomic E-state index is 6.16. The van der Waals surface area contributed by atoms with Crippen LogP contribution in [0.15, 0.2) is 284 Å². The number of fused-ring (bicyclic) bond motifs is 9. The molecule has 0 radical (unpaired) electrons. The lowest BCUT2D eigenvalue weighted by Gasteiger charge is -2.30. The van der Waals surface area contributed by atoms with E-state index in [4.69, 9.17) is 9.40 Å². The van der Waals surface area contributed by atoms with Crippen LogP contribution in [-0.2, 0) is 0 Å². The molecule has 0 bridgehead atoms. The molecule has 0 unspecified atom stereocenters. The topological polar surface area (TPSA) is 53.6 Å². The molecule has 0 fully saturated rings. The number of para-hydroxylation sites is 6. The largest absolute Gasteiger partial charge is 0.438 e. The van der Waals surface area contributed by atoms with Gasteiger partial charge >= 0.3 is 0 Å². The van der Waals surface area contributed by atoms with Crippen LogP contribution in [0.5, 0.6) is 0 Å². The molecule has 5 aromatic heterocycles. The van der Waals surface area contributed by atoms with Gasteiger partial charge in [0.2, 0.25) is 5.71 Å². The fourth-order valence-electron chi connectivity index (χ4n) is 11.4. The van der Waals surface area contributed by atoms with E-state index in [2.05, 4.69) is 261 Å². The summed E-state index contributed by atoms with van der Waals surface area (Å²) in [7, 11) is 0. The van der Waals surface area contributed by atoms with Crippen LogP contribution >= 0.6 is 11.3 Å². The van der Waals surface area contributed by atoms with E-state index in [9.17, 15) is 0 Å². The monoisotopic (exact) mass is 1020 g/mol. The van der Waals surface area contributed by atoms with Gasteiger partial charge in [-0.05, 0) is 139 Å². The van der Waals surface area contributed by atoms with Crippen molar-refractivity contribution in [3.8, 4) is 16.8 Å². The number of anilines is 9. The summed E-state index contributed by atoms with van der Waals surface area (Å²) >= 11 is 1.84. The molecule has 0 aliphatic rings. The molecule has 10 aromatic carbocycles. The summed E-state index contributed by atoms with van der Waals surface area (Å²) in [6.07, 6.45) is 5.59. The summed E-state index contributed by atoms with van der Waals surface area (Å²) in [5.41, 5.74) is 16.3. The van der Waals surface area contributed by atoms with Gasteiger partial charge in [0, 0.05) is 77.6 Å². The lowest BCUT2D eigenvalue weighted by atomic mass is 10.0. The lowest BCUT2D eigenvalue weighted by Crippen LogP contribution is -2.13. The molecule has 15 rings (SSSR count). The normalized spacial score (nSPS) is 11.6. The number of hydrogen-bond acceptors (Lipinski definition) is 7. The zero-order valence-electron chi connectivity index (χ0n) is 42.1. The maximum Gasteiger partial charge on any atom is 0.227 e. The summed E-state index contributed by atoms with van der Waals surface area (Å²) in [5, 5.41) is 6.76. The number of aromatic nitrogens is 3. The van der Waals surface area contributed by atoms with Gasteiger partial charge in [0.15, 0.2) is 0 Å². The molecule has 0 aliphatic heterocycles. The highest BCUT2D eigenvalue weighted by atomic mass is 32.1. The predicted octanol–water partition coefficient (Wildman–Crippen LogP) is 19.9. The third-order valence-corrected chi connectivity index (χ3v) is 16.0. The van der Waals surface area contributed by atoms with Gasteiger partial charge in [-0.3, -0.25) is 4.98 Å². The Hall–Kier alpha value is -10.3. The van der Waals surface area contributed by atoms with Gasteiger partial charge in [0.25, 0.3) is 0 Å². The van der Waals surface area contributed by atoms with Crippen molar-refractivity contribution in [3.63, 3.8) is 0 Å². The summed E-state index contributed by atoms with van der Waals surface area (Å²) in [5.74, 6) is 0. The number of pyridine rings is 2. The number of furan rings is 1. The Balaban J connectivity index is 0.945. The van der Waals surface area contributed by atoms with E-state index in [0.717, 1.165) is 89.9 Å². The molecule has 0 amide bonds. The van der Waals surface area contributed by atoms with Crippen molar-refractivity contribution in [1.29, 1.82) is 0 Å². The Bertz CT molecular complexity index is 4650. The van der Waals surface area contributed by atoms with Crippen molar-refractivity contribution in [1.82, 2.24) is 14.5 Å². The van der Waals surface area contributed by atoms with Gasteiger partial charge in [0.05, 0.1) is 50.6 Å². The van der Waals surface area contributed by atoms with E-state index in [1.807, 2.05) is 54.2 Å². The van der Waals surface area contributed by atoms with Crippen molar-refractivity contribution in [2.24, 2.45) is 0 Å². The molecule has 8 heteroatoms. The summed E-state index contributed by atoms with van der Waals surface area (Å²) in [4.78, 5) is 16.5. The van der Waals surface area contributed by atoms with Gasteiger partial charge < -0.3 is 23.7 Å². The first-order valence-corrected chi connectivity index (χ1v) is 26.9. The molecule has 0 saturated carbocycles. The van der Waals surface area contributed by atoms with E-state index in [0.29, 0.717) is 5.71 Å². The van der Waals surface area contributed by atoms with Crippen LogP contribution in [0.3, 0.4) is 0 Å². The fourth-order valence-corrected chi connectivity index (χ4v) is 12.5. The van der Waals surface area contributed by atoms with Crippen LogP contribution in [-0.4, -0.2) is 14.5 Å². The molecule has 0 saturated heterocycles. The van der Waals surface area contributed by atoms with Gasteiger partial charge in [-0.25, -0.2) is 4.98 Å². The minimum Gasteiger partial charge on any atom is -0.438 e. The van der Waals surface area contributed by atoms with Crippen LogP contribution in [0.25, 0.3) is 80.9 Å². The van der Waals surface area contributed by atoms with Crippen molar-refractivity contribution in [2.75, 3.05) is 14.7 Å². The molecule has 0 spiro atoms. The van der Waals surface area contributed by atoms with E-state index >= 15 is 0 Å². The second-order valence-corrected chi connectivity index (χ2v) is 20.5. The highest BCUT2D eigenvalue weighted by Gasteiger charge is 2.25. The Morgan fingerprint density at radius 1 is 0.359 bits per heavy atom. The van der Waals surface area contributed by atoms with E-state index < -0.39 is 0 Å². The zero-order valence-corrected chi connectivity index (χ0v) is 42.9. The fraction of sp³-hybridized carbons (Fsp3) is 0. The maximum absolute atomic E-state index is 6.16. The highest BCUT2D eigenvalue weighted by Crippen LogP contribution is 2.51. The van der Waals surface area contributed by atoms with E-state index in [1.165, 1.54) is 36.5 Å². The second kappa shape index (κ2) is 18.8. The van der Waals surface area contributed by atoms with Gasteiger partial charge in [-0.1, -0.05) is 133 Å². The van der Waals surface area contributed by atoms with Gasteiger partial charge in [-0.15, -0.1) is 11.3 Å².